The van der Waals surface area contributed by atoms with Crippen molar-refractivity contribution in [1.29, 1.82) is 0 Å². The van der Waals surface area contributed by atoms with Gasteiger partial charge in [0.15, 0.2) is 0 Å². The largest absolute Gasteiger partial charge is 0.491 e. The number of benzene rings is 1. The number of hydrogen-bond acceptors (Lipinski definition) is 3. The summed E-state index contributed by atoms with van der Waals surface area (Å²) in [6, 6.07) is 7.70. The molecular weight excluding hydrogens is 284 g/mol. The van der Waals surface area contributed by atoms with Crippen molar-refractivity contribution in [3.8, 4) is 5.75 Å². The van der Waals surface area contributed by atoms with Crippen molar-refractivity contribution >= 4 is 11.6 Å². The topological polar surface area (TPSA) is 24.5 Å². The lowest BCUT2D eigenvalue weighted by Gasteiger charge is -2.45. The predicted octanol–water partition coefficient (Wildman–Crippen LogP) is 3.18. The number of halogens is 1. The second-order valence-electron chi connectivity index (χ2n) is 6.44. The van der Waals surface area contributed by atoms with Crippen LogP contribution in [0.1, 0.15) is 25.7 Å². The van der Waals surface area contributed by atoms with Gasteiger partial charge in [-0.2, -0.15) is 0 Å². The molecule has 2 aliphatic heterocycles. The monoisotopic (exact) mass is 308 g/mol. The highest BCUT2D eigenvalue weighted by atomic mass is 35.5. The maximum absolute atomic E-state index is 6.12. The number of likely N-dealkylation sites (tertiary alicyclic amines) is 1. The summed E-state index contributed by atoms with van der Waals surface area (Å²) in [4.78, 5) is 2.56. The van der Waals surface area contributed by atoms with Crippen LogP contribution in [-0.2, 0) is 0 Å². The average molecular weight is 309 g/mol. The first-order valence-corrected chi connectivity index (χ1v) is 8.46. The maximum atomic E-state index is 6.12. The second kappa shape index (κ2) is 6.99. The SMILES string of the molecule is Clc1ccccc1OCCN1CCCC2(CCCNC2)C1. The first-order valence-electron chi connectivity index (χ1n) is 8.08. The van der Waals surface area contributed by atoms with E-state index in [1.807, 2.05) is 24.3 Å². The third kappa shape index (κ3) is 3.91. The predicted molar refractivity (Wildman–Crippen MR) is 87.2 cm³/mol. The van der Waals surface area contributed by atoms with E-state index in [0.29, 0.717) is 17.0 Å². The van der Waals surface area contributed by atoms with Crippen LogP contribution < -0.4 is 10.1 Å². The summed E-state index contributed by atoms with van der Waals surface area (Å²) in [6.07, 6.45) is 5.39. The fraction of sp³-hybridized carbons (Fsp3) is 0.647. The van der Waals surface area contributed by atoms with Crippen LogP contribution in [0.2, 0.25) is 5.02 Å². The summed E-state index contributed by atoms with van der Waals surface area (Å²) < 4.78 is 5.83. The van der Waals surface area contributed by atoms with Crippen LogP contribution in [0.25, 0.3) is 0 Å². The molecule has 0 saturated carbocycles. The van der Waals surface area contributed by atoms with Crippen molar-refractivity contribution in [2.75, 3.05) is 39.3 Å². The second-order valence-corrected chi connectivity index (χ2v) is 6.85. The molecule has 0 amide bonds. The Morgan fingerprint density at radius 1 is 1.24 bits per heavy atom. The lowest BCUT2D eigenvalue weighted by atomic mass is 9.74. The van der Waals surface area contributed by atoms with Crippen molar-refractivity contribution in [3.05, 3.63) is 29.3 Å². The summed E-state index contributed by atoms with van der Waals surface area (Å²) in [7, 11) is 0. The van der Waals surface area contributed by atoms with E-state index in [0.717, 1.165) is 12.3 Å². The maximum Gasteiger partial charge on any atom is 0.137 e. The standard InChI is InChI=1S/C17H25ClN2O/c18-15-5-1-2-6-16(15)21-12-11-20-10-4-8-17(14-20)7-3-9-19-13-17/h1-2,5-6,19H,3-4,7-14H2. The van der Waals surface area contributed by atoms with E-state index in [2.05, 4.69) is 10.2 Å². The molecule has 0 aliphatic carbocycles. The van der Waals surface area contributed by atoms with Gasteiger partial charge in [-0.25, -0.2) is 0 Å². The zero-order valence-corrected chi connectivity index (χ0v) is 13.4. The van der Waals surface area contributed by atoms with Gasteiger partial charge in [0, 0.05) is 19.6 Å². The summed E-state index contributed by atoms with van der Waals surface area (Å²) in [6.45, 7) is 6.51. The Kier molecular flexibility index (Phi) is 5.04. The number of nitrogens with zero attached hydrogens (tertiary/aromatic N) is 1. The minimum atomic E-state index is 0.515. The van der Waals surface area contributed by atoms with Crippen molar-refractivity contribution < 1.29 is 4.74 Å². The summed E-state index contributed by atoms with van der Waals surface area (Å²) in [5.74, 6) is 0.797. The Bertz CT molecular complexity index is 454. The van der Waals surface area contributed by atoms with Gasteiger partial charge in [-0.15, -0.1) is 0 Å². The first kappa shape index (κ1) is 15.1. The van der Waals surface area contributed by atoms with E-state index >= 15 is 0 Å². The van der Waals surface area contributed by atoms with Gasteiger partial charge in [0.05, 0.1) is 5.02 Å². The molecule has 0 bridgehead atoms. The molecule has 4 heteroatoms. The van der Waals surface area contributed by atoms with Gasteiger partial charge in [0.2, 0.25) is 0 Å². The van der Waals surface area contributed by atoms with E-state index < -0.39 is 0 Å². The lowest BCUT2D eigenvalue weighted by Crippen LogP contribution is -2.51. The van der Waals surface area contributed by atoms with Crippen molar-refractivity contribution in [2.45, 2.75) is 25.7 Å². The summed E-state index contributed by atoms with van der Waals surface area (Å²) in [5.41, 5.74) is 0.515. The molecule has 1 aromatic rings. The molecule has 1 atom stereocenters. The minimum absolute atomic E-state index is 0.515. The number of rotatable bonds is 4. The third-order valence-electron chi connectivity index (χ3n) is 4.80. The van der Waals surface area contributed by atoms with Crippen molar-refractivity contribution in [1.82, 2.24) is 10.2 Å². The number of ether oxygens (including phenoxy) is 1. The van der Waals surface area contributed by atoms with Gasteiger partial charge in [0.25, 0.3) is 0 Å². The van der Waals surface area contributed by atoms with Crippen LogP contribution in [-0.4, -0.2) is 44.2 Å². The summed E-state index contributed by atoms with van der Waals surface area (Å²) in [5, 5.41) is 4.28. The molecule has 21 heavy (non-hydrogen) atoms. The zero-order chi connectivity index (χ0) is 14.5. The highest BCUT2D eigenvalue weighted by molar-refractivity contribution is 6.32. The molecule has 0 aromatic heterocycles. The summed E-state index contributed by atoms with van der Waals surface area (Å²) >= 11 is 6.12. The van der Waals surface area contributed by atoms with E-state index in [9.17, 15) is 0 Å². The Morgan fingerprint density at radius 2 is 2.10 bits per heavy atom. The Balaban J connectivity index is 1.48. The van der Waals surface area contributed by atoms with Crippen molar-refractivity contribution in [3.63, 3.8) is 0 Å². The zero-order valence-electron chi connectivity index (χ0n) is 12.6. The number of para-hydroxylation sites is 1. The van der Waals surface area contributed by atoms with Gasteiger partial charge < -0.3 is 10.1 Å². The van der Waals surface area contributed by atoms with Gasteiger partial charge in [-0.3, -0.25) is 4.90 Å². The molecule has 2 fully saturated rings. The third-order valence-corrected chi connectivity index (χ3v) is 5.12. The molecule has 116 valence electrons. The van der Waals surface area contributed by atoms with E-state index in [1.165, 1.54) is 51.9 Å². The molecular formula is C17H25ClN2O. The highest BCUT2D eigenvalue weighted by Crippen LogP contribution is 2.35. The smallest absolute Gasteiger partial charge is 0.137 e. The van der Waals surface area contributed by atoms with Gasteiger partial charge >= 0.3 is 0 Å². The Hall–Kier alpha value is -0.770. The van der Waals surface area contributed by atoms with E-state index in [-0.39, 0.29) is 0 Å². The van der Waals surface area contributed by atoms with Crippen LogP contribution >= 0.6 is 11.6 Å². The van der Waals surface area contributed by atoms with Crippen LogP contribution in [0, 0.1) is 5.41 Å². The molecule has 1 spiro atoms. The molecule has 1 N–H and O–H groups in total. The highest BCUT2D eigenvalue weighted by Gasteiger charge is 2.36. The van der Waals surface area contributed by atoms with Crippen LogP contribution in [0.4, 0.5) is 0 Å². The first-order chi connectivity index (χ1) is 10.3. The molecule has 1 aromatic carbocycles. The molecule has 3 rings (SSSR count). The van der Waals surface area contributed by atoms with Gasteiger partial charge in [0.1, 0.15) is 12.4 Å². The molecule has 3 nitrogen and oxygen atoms in total. The molecule has 2 heterocycles. The fourth-order valence-corrected chi connectivity index (χ4v) is 3.92. The van der Waals surface area contributed by atoms with Crippen LogP contribution in [0.3, 0.4) is 0 Å². The van der Waals surface area contributed by atoms with Crippen LogP contribution in [0.5, 0.6) is 5.75 Å². The van der Waals surface area contributed by atoms with Crippen molar-refractivity contribution in [2.24, 2.45) is 5.41 Å². The van der Waals surface area contributed by atoms with E-state index in [4.69, 9.17) is 16.3 Å². The number of nitrogens with one attached hydrogen (secondary N) is 1. The minimum Gasteiger partial charge on any atom is -0.491 e. The molecule has 1 unspecified atom stereocenters. The Labute approximate surface area is 132 Å². The van der Waals surface area contributed by atoms with Crippen LogP contribution in [0.15, 0.2) is 24.3 Å². The molecule has 2 saturated heterocycles. The van der Waals surface area contributed by atoms with Gasteiger partial charge in [-0.1, -0.05) is 23.7 Å². The molecule has 0 radical (unpaired) electrons. The number of piperidine rings is 2. The van der Waals surface area contributed by atoms with E-state index in [1.54, 1.807) is 0 Å². The van der Waals surface area contributed by atoms with Gasteiger partial charge in [-0.05, 0) is 56.3 Å². The fourth-order valence-electron chi connectivity index (χ4n) is 3.73. The molecule has 2 aliphatic rings. The average Bonchev–Trinajstić information content (AvgIpc) is 2.50. The normalized spacial score (nSPS) is 26.9. The number of hydrogen-bond donors (Lipinski definition) is 1. The quantitative estimate of drug-likeness (QED) is 0.924. The lowest BCUT2D eigenvalue weighted by molar-refractivity contribution is 0.0563. The Morgan fingerprint density at radius 3 is 2.90 bits per heavy atom.